The maximum Gasteiger partial charge on any atom is 0.256 e. The van der Waals surface area contributed by atoms with Crippen molar-refractivity contribution in [1.82, 2.24) is 10.2 Å². The molecule has 2 aromatic rings. The van der Waals surface area contributed by atoms with E-state index >= 15 is 0 Å². The molecule has 1 aliphatic rings. The van der Waals surface area contributed by atoms with Crippen molar-refractivity contribution in [2.75, 3.05) is 19.6 Å². The molecule has 1 N–H and O–H groups in total. The number of carbonyl (C=O) groups excluding carboxylic acids is 2. The van der Waals surface area contributed by atoms with Crippen LogP contribution in [-0.2, 0) is 11.2 Å². The molecule has 0 radical (unpaired) electrons. The molecule has 27 heavy (non-hydrogen) atoms. The Labute approximate surface area is 163 Å². The summed E-state index contributed by atoms with van der Waals surface area (Å²) in [5, 5.41) is 3.63. The molecule has 0 spiro atoms. The van der Waals surface area contributed by atoms with Gasteiger partial charge in [-0.2, -0.15) is 0 Å². The zero-order valence-corrected chi connectivity index (χ0v) is 15.7. The van der Waals surface area contributed by atoms with Crippen LogP contribution in [0.15, 0.2) is 48.5 Å². The van der Waals surface area contributed by atoms with Gasteiger partial charge in [-0.3, -0.25) is 9.59 Å². The van der Waals surface area contributed by atoms with Gasteiger partial charge in [0.1, 0.15) is 5.82 Å². The molecule has 0 aliphatic carbocycles. The number of hydrogen-bond donors (Lipinski definition) is 1. The van der Waals surface area contributed by atoms with Gasteiger partial charge in [-0.25, -0.2) is 4.39 Å². The Morgan fingerprint density at radius 1 is 1.15 bits per heavy atom. The topological polar surface area (TPSA) is 49.4 Å². The van der Waals surface area contributed by atoms with Gasteiger partial charge in [0.25, 0.3) is 5.91 Å². The van der Waals surface area contributed by atoms with Crippen molar-refractivity contribution >= 4 is 23.4 Å². The largest absolute Gasteiger partial charge is 0.355 e. The third-order valence-corrected chi connectivity index (χ3v) is 5.06. The molecular formula is C21H22ClFN2O2. The lowest BCUT2D eigenvalue weighted by atomic mass is 9.96. The number of nitrogens with one attached hydrogen (secondary N) is 1. The van der Waals surface area contributed by atoms with Crippen LogP contribution in [0.3, 0.4) is 0 Å². The predicted octanol–water partition coefficient (Wildman–Crippen LogP) is 3.69. The highest BCUT2D eigenvalue weighted by molar-refractivity contribution is 6.30. The van der Waals surface area contributed by atoms with Crippen molar-refractivity contribution < 1.29 is 14.0 Å². The summed E-state index contributed by atoms with van der Waals surface area (Å²) in [7, 11) is 0. The standard InChI is InChI=1S/C21H22ClFN2O2/c22-17-9-7-15(8-10-17)11-12-24-20(26)16-4-3-13-25(14-16)21(27)18-5-1-2-6-19(18)23/h1-2,5-10,16H,3-4,11-14H2,(H,24,26). The van der Waals surface area contributed by atoms with E-state index < -0.39 is 5.82 Å². The highest BCUT2D eigenvalue weighted by Crippen LogP contribution is 2.20. The Bertz CT molecular complexity index is 810. The molecule has 1 unspecified atom stereocenters. The van der Waals surface area contributed by atoms with Crippen LogP contribution in [-0.4, -0.2) is 36.3 Å². The highest BCUT2D eigenvalue weighted by Gasteiger charge is 2.29. The highest BCUT2D eigenvalue weighted by atomic mass is 35.5. The molecule has 1 saturated heterocycles. The van der Waals surface area contributed by atoms with Gasteiger partial charge in [0.05, 0.1) is 11.5 Å². The molecule has 2 amide bonds. The van der Waals surface area contributed by atoms with Crippen molar-refractivity contribution in [1.29, 1.82) is 0 Å². The maximum atomic E-state index is 13.9. The number of piperidine rings is 1. The van der Waals surface area contributed by atoms with E-state index in [1.807, 2.05) is 24.3 Å². The molecule has 6 heteroatoms. The van der Waals surface area contributed by atoms with E-state index in [1.54, 1.807) is 17.0 Å². The first-order chi connectivity index (χ1) is 13.0. The first kappa shape index (κ1) is 19.4. The summed E-state index contributed by atoms with van der Waals surface area (Å²) in [5.41, 5.74) is 1.15. The molecule has 3 rings (SSSR count). The quantitative estimate of drug-likeness (QED) is 0.849. The molecule has 1 heterocycles. The third-order valence-electron chi connectivity index (χ3n) is 4.81. The molecule has 4 nitrogen and oxygen atoms in total. The number of benzene rings is 2. The number of amides is 2. The minimum Gasteiger partial charge on any atom is -0.355 e. The van der Waals surface area contributed by atoms with Crippen LogP contribution >= 0.6 is 11.6 Å². The lowest BCUT2D eigenvalue weighted by molar-refractivity contribution is -0.126. The van der Waals surface area contributed by atoms with E-state index in [0.717, 1.165) is 18.4 Å². The number of nitrogens with zero attached hydrogens (tertiary/aromatic N) is 1. The summed E-state index contributed by atoms with van der Waals surface area (Å²) < 4.78 is 13.9. The van der Waals surface area contributed by atoms with Gasteiger partial charge in [-0.05, 0) is 49.1 Å². The van der Waals surface area contributed by atoms with Crippen LogP contribution in [0.2, 0.25) is 5.02 Å². The Balaban J connectivity index is 1.52. The van der Waals surface area contributed by atoms with Gasteiger partial charge >= 0.3 is 0 Å². The van der Waals surface area contributed by atoms with Crippen LogP contribution in [0.5, 0.6) is 0 Å². The average Bonchev–Trinajstić information content (AvgIpc) is 2.69. The first-order valence-electron chi connectivity index (χ1n) is 9.10. The van der Waals surface area contributed by atoms with Crippen molar-refractivity contribution in [2.45, 2.75) is 19.3 Å². The molecule has 1 fully saturated rings. The monoisotopic (exact) mass is 388 g/mol. The minimum atomic E-state index is -0.531. The number of hydrogen-bond acceptors (Lipinski definition) is 2. The Morgan fingerprint density at radius 3 is 2.63 bits per heavy atom. The van der Waals surface area contributed by atoms with Gasteiger partial charge in [-0.1, -0.05) is 35.9 Å². The molecule has 0 saturated carbocycles. The Kier molecular flexibility index (Phi) is 6.45. The lowest BCUT2D eigenvalue weighted by Crippen LogP contribution is -2.46. The zero-order chi connectivity index (χ0) is 19.2. The fraction of sp³-hybridized carbons (Fsp3) is 0.333. The SMILES string of the molecule is O=C(NCCc1ccc(Cl)cc1)C1CCCN(C(=O)c2ccccc2F)C1. The first-order valence-corrected chi connectivity index (χ1v) is 9.48. The molecular weight excluding hydrogens is 367 g/mol. The van der Waals surface area contributed by atoms with Gasteiger partial charge in [0.2, 0.25) is 5.91 Å². The predicted molar refractivity (Wildman–Crippen MR) is 103 cm³/mol. The lowest BCUT2D eigenvalue weighted by Gasteiger charge is -2.32. The van der Waals surface area contributed by atoms with E-state index in [0.29, 0.717) is 31.1 Å². The van der Waals surface area contributed by atoms with Gasteiger partial charge in [0.15, 0.2) is 0 Å². The molecule has 2 aromatic carbocycles. The second kappa shape index (κ2) is 9.00. The van der Waals surface area contributed by atoms with Crippen molar-refractivity contribution in [3.63, 3.8) is 0 Å². The van der Waals surface area contributed by atoms with Crippen molar-refractivity contribution in [3.05, 3.63) is 70.5 Å². The summed E-state index contributed by atoms with van der Waals surface area (Å²) in [6, 6.07) is 13.5. The number of rotatable bonds is 5. The number of halogens is 2. The van der Waals surface area contributed by atoms with E-state index in [-0.39, 0.29) is 23.3 Å². The summed E-state index contributed by atoms with van der Waals surface area (Å²) >= 11 is 5.87. The number of carbonyl (C=O) groups is 2. The van der Waals surface area contributed by atoms with Crippen LogP contribution in [0.1, 0.15) is 28.8 Å². The van der Waals surface area contributed by atoms with E-state index in [4.69, 9.17) is 11.6 Å². The van der Waals surface area contributed by atoms with Gasteiger partial charge in [0, 0.05) is 24.7 Å². The molecule has 142 valence electrons. The average molecular weight is 389 g/mol. The van der Waals surface area contributed by atoms with E-state index in [1.165, 1.54) is 12.1 Å². The minimum absolute atomic E-state index is 0.0568. The maximum absolute atomic E-state index is 13.9. The summed E-state index contributed by atoms with van der Waals surface area (Å²) in [5.74, 6) is -1.21. The second-order valence-corrected chi connectivity index (χ2v) is 7.17. The van der Waals surface area contributed by atoms with Crippen LogP contribution in [0.4, 0.5) is 4.39 Å². The van der Waals surface area contributed by atoms with Crippen LogP contribution in [0, 0.1) is 11.7 Å². The third kappa shape index (κ3) is 5.07. The number of likely N-dealkylation sites (tertiary alicyclic amines) is 1. The smallest absolute Gasteiger partial charge is 0.256 e. The van der Waals surface area contributed by atoms with Crippen molar-refractivity contribution in [2.24, 2.45) is 5.92 Å². The van der Waals surface area contributed by atoms with Crippen LogP contribution in [0.25, 0.3) is 0 Å². The molecule has 1 aliphatic heterocycles. The van der Waals surface area contributed by atoms with Crippen LogP contribution < -0.4 is 5.32 Å². The van der Waals surface area contributed by atoms with E-state index in [2.05, 4.69) is 5.32 Å². The van der Waals surface area contributed by atoms with Gasteiger partial charge < -0.3 is 10.2 Å². The van der Waals surface area contributed by atoms with Gasteiger partial charge in [-0.15, -0.1) is 0 Å². The Morgan fingerprint density at radius 2 is 1.89 bits per heavy atom. The van der Waals surface area contributed by atoms with Crippen molar-refractivity contribution in [3.8, 4) is 0 Å². The summed E-state index contributed by atoms with van der Waals surface area (Å²) in [6.07, 6.45) is 2.18. The van der Waals surface area contributed by atoms with E-state index in [9.17, 15) is 14.0 Å². The fourth-order valence-electron chi connectivity index (χ4n) is 3.31. The molecule has 1 atom stereocenters. The second-order valence-electron chi connectivity index (χ2n) is 6.74. The zero-order valence-electron chi connectivity index (χ0n) is 15.0. The fourth-order valence-corrected chi connectivity index (χ4v) is 3.43. The molecule has 0 aromatic heterocycles. The summed E-state index contributed by atoms with van der Waals surface area (Å²) in [6.45, 7) is 1.39. The Hall–Kier alpha value is -2.40. The summed E-state index contributed by atoms with van der Waals surface area (Å²) in [4.78, 5) is 26.6. The normalized spacial score (nSPS) is 16.8. The molecule has 0 bridgehead atoms.